The minimum Gasteiger partial charge on any atom is -0.393 e. The third-order valence-corrected chi connectivity index (χ3v) is 5.22. The molecule has 1 aliphatic carbocycles. The molecule has 2 fully saturated rings. The molecule has 3 unspecified atom stereocenters. The Morgan fingerprint density at radius 3 is 2.76 bits per heavy atom. The summed E-state index contributed by atoms with van der Waals surface area (Å²) in [6, 6.07) is 5.83. The molecule has 0 radical (unpaired) electrons. The molecule has 3 rings (SSSR count). The van der Waals surface area contributed by atoms with Gasteiger partial charge < -0.3 is 9.67 Å². The summed E-state index contributed by atoms with van der Waals surface area (Å²) in [4.78, 5) is 14.3. The Morgan fingerprint density at radius 1 is 1.10 bits per heavy atom. The fourth-order valence-corrected chi connectivity index (χ4v) is 4.08. The lowest BCUT2D eigenvalue weighted by atomic mass is 9.80. The molecule has 0 aromatic carbocycles. The molecular formula is C17H26N2O2. The van der Waals surface area contributed by atoms with Crippen LogP contribution in [0.5, 0.6) is 0 Å². The maximum atomic E-state index is 11.8. The lowest BCUT2D eigenvalue weighted by Gasteiger charge is -2.37. The summed E-state index contributed by atoms with van der Waals surface area (Å²) in [5.74, 6) is 0.439. The van der Waals surface area contributed by atoms with Crippen LogP contribution in [0.4, 0.5) is 0 Å². The molecule has 116 valence electrons. The van der Waals surface area contributed by atoms with E-state index in [0.717, 1.165) is 32.5 Å². The number of rotatable bonds is 4. The molecule has 1 saturated heterocycles. The van der Waals surface area contributed by atoms with Crippen LogP contribution in [0.3, 0.4) is 0 Å². The average molecular weight is 290 g/mol. The Labute approximate surface area is 126 Å². The molecule has 4 heteroatoms. The zero-order valence-electron chi connectivity index (χ0n) is 12.7. The summed E-state index contributed by atoms with van der Waals surface area (Å²) in [7, 11) is 0. The van der Waals surface area contributed by atoms with E-state index in [1.807, 2.05) is 12.3 Å². The molecule has 0 spiro atoms. The zero-order chi connectivity index (χ0) is 14.7. The number of aliphatic hydroxyl groups excluding tert-OH is 1. The Balaban J connectivity index is 1.62. The highest BCUT2D eigenvalue weighted by Crippen LogP contribution is 2.34. The van der Waals surface area contributed by atoms with E-state index >= 15 is 0 Å². The number of pyridine rings is 1. The van der Waals surface area contributed by atoms with Crippen molar-refractivity contribution in [3.63, 3.8) is 0 Å². The number of hydrogen-bond acceptors (Lipinski definition) is 3. The van der Waals surface area contributed by atoms with Crippen molar-refractivity contribution in [3.05, 3.63) is 34.7 Å². The van der Waals surface area contributed by atoms with Gasteiger partial charge in [0.2, 0.25) is 0 Å². The van der Waals surface area contributed by atoms with E-state index in [4.69, 9.17) is 0 Å². The standard InChI is InChI=1S/C17H26N2O2/c20-16-8-2-1-6-14(16)15-7-5-11-18(15)12-13-19-10-4-3-9-17(19)21/h3-4,9-10,14-16,20H,1-2,5-8,11-13H2. The van der Waals surface area contributed by atoms with E-state index < -0.39 is 0 Å². The van der Waals surface area contributed by atoms with Crippen LogP contribution in [0.15, 0.2) is 29.2 Å². The number of aromatic nitrogens is 1. The third-order valence-electron chi connectivity index (χ3n) is 5.22. The molecule has 2 aliphatic rings. The van der Waals surface area contributed by atoms with Gasteiger partial charge in [-0.1, -0.05) is 18.9 Å². The summed E-state index contributed by atoms with van der Waals surface area (Å²) in [5.41, 5.74) is 0.0750. The lowest BCUT2D eigenvalue weighted by molar-refractivity contribution is 0.0214. The highest BCUT2D eigenvalue weighted by molar-refractivity contribution is 4.94. The summed E-state index contributed by atoms with van der Waals surface area (Å²) in [6.07, 6.45) is 8.71. The van der Waals surface area contributed by atoms with Crippen molar-refractivity contribution < 1.29 is 5.11 Å². The normalized spacial score (nSPS) is 30.6. The third kappa shape index (κ3) is 3.38. The van der Waals surface area contributed by atoms with E-state index in [9.17, 15) is 9.90 Å². The van der Waals surface area contributed by atoms with E-state index in [0.29, 0.717) is 12.0 Å². The quantitative estimate of drug-likeness (QED) is 0.920. The van der Waals surface area contributed by atoms with Crippen LogP contribution >= 0.6 is 0 Å². The Morgan fingerprint density at radius 2 is 1.95 bits per heavy atom. The second-order valence-electron chi connectivity index (χ2n) is 6.49. The van der Waals surface area contributed by atoms with E-state index in [-0.39, 0.29) is 11.7 Å². The predicted molar refractivity (Wildman–Crippen MR) is 83.3 cm³/mol. The largest absolute Gasteiger partial charge is 0.393 e. The van der Waals surface area contributed by atoms with Crippen molar-refractivity contribution in [1.29, 1.82) is 0 Å². The first kappa shape index (κ1) is 14.8. The van der Waals surface area contributed by atoms with Gasteiger partial charge in [-0.2, -0.15) is 0 Å². The summed E-state index contributed by atoms with van der Waals surface area (Å²) in [5, 5.41) is 10.3. The molecule has 1 aromatic heterocycles. The average Bonchev–Trinajstić information content (AvgIpc) is 2.95. The SMILES string of the molecule is O=c1ccccn1CCN1CCCC1C1CCCCC1O. The minimum absolute atomic E-state index is 0.0750. The highest BCUT2D eigenvalue weighted by atomic mass is 16.3. The van der Waals surface area contributed by atoms with Crippen LogP contribution < -0.4 is 5.56 Å². The van der Waals surface area contributed by atoms with Crippen molar-refractivity contribution in [3.8, 4) is 0 Å². The predicted octanol–water partition coefficient (Wildman–Crippen LogP) is 1.86. The molecule has 0 bridgehead atoms. The van der Waals surface area contributed by atoms with Crippen LogP contribution in [-0.4, -0.2) is 39.8 Å². The Kier molecular flexibility index (Phi) is 4.76. The van der Waals surface area contributed by atoms with Gasteiger partial charge >= 0.3 is 0 Å². The smallest absolute Gasteiger partial charge is 0.250 e. The molecule has 1 aliphatic heterocycles. The van der Waals surface area contributed by atoms with Crippen LogP contribution in [0.1, 0.15) is 38.5 Å². The van der Waals surface area contributed by atoms with E-state index in [2.05, 4.69) is 4.90 Å². The topological polar surface area (TPSA) is 45.5 Å². The number of likely N-dealkylation sites (tertiary alicyclic amines) is 1. The maximum Gasteiger partial charge on any atom is 0.250 e. The van der Waals surface area contributed by atoms with Gasteiger partial charge in [-0.3, -0.25) is 9.69 Å². The lowest BCUT2D eigenvalue weighted by Crippen LogP contribution is -2.44. The second-order valence-corrected chi connectivity index (χ2v) is 6.49. The van der Waals surface area contributed by atoms with Crippen LogP contribution in [0.25, 0.3) is 0 Å². The highest BCUT2D eigenvalue weighted by Gasteiger charge is 2.36. The van der Waals surface area contributed by atoms with Gasteiger partial charge in [-0.25, -0.2) is 0 Å². The summed E-state index contributed by atoms with van der Waals surface area (Å²) >= 11 is 0. The molecular weight excluding hydrogens is 264 g/mol. The number of hydrogen-bond donors (Lipinski definition) is 1. The monoisotopic (exact) mass is 290 g/mol. The fourth-order valence-electron chi connectivity index (χ4n) is 4.08. The van der Waals surface area contributed by atoms with Crippen molar-refractivity contribution in [2.24, 2.45) is 5.92 Å². The second kappa shape index (κ2) is 6.75. The first-order valence-electron chi connectivity index (χ1n) is 8.33. The zero-order valence-corrected chi connectivity index (χ0v) is 12.7. The molecule has 1 aromatic rings. The molecule has 21 heavy (non-hydrogen) atoms. The molecule has 1 N–H and O–H groups in total. The van der Waals surface area contributed by atoms with Crippen molar-refractivity contribution >= 4 is 0 Å². The number of nitrogens with zero attached hydrogens (tertiary/aromatic N) is 2. The maximum absolute atomic E-state index is 11.8. The minimum atomic E-state index is -0.121. The first-order chi connectivity index (χ1) is 10.3. The Bertz CT molecular complexity index is 514. The Hall–Kier alpha value is -1.13. The molecule has 0 amide bonds. The van der Waals surface area contributed by atoms with Gasteiger partial charge in [0.05, 0.1) is 6.10 Å². The fraction of sp³-hybridized carbons (Fsp3) is 0.706. The van der Waals surface area contributed by atoms with Crippen LogP contribution in [-0.2, 0) is 6.54 Å². The van der Waals surface area contributed by atoms with Gasteiger partial charge in [0.1, 0.15) is 0 Å². The van der Waals surface area contributed by atoms with Crippen LogP contribution in [0, 0.1) is 5.92 Å². The van der Waals surface area contributed by atoms with E-state index in [1.54, 1.807) is 16.7 Å². The summed E-state index contributed by atoms with van der Waals surface area (Å²) in [6.45, 7) is 2.77. The summed E-state index contributed by atoms with van der Waals surface area (Å²) < 4.78 is 1.78. The van der Waals surface area contributed by atoms with Gasteiger partial charge in [0.25, 0.3) is 5.56 Å². The number of aliphatic hydroxyl groups is 1. The van der Waals surface area contributed by atoms with Gasteiger partial charge in [0, 0.05) is 37.3 Å². The van der Waals surface area contributed by atoms with Gasteiger partial charge in [-0.05, 0) is 38.3 Å². The van der Waals surface area contributed by atoms with Crippen molar-refractivity contribution in [1.82, 2.24) is 9.47 Å². The van der Waals surface area contributed by atoms with Crippen molar-refractivity contribution in [2.45, 2.75) is 57.2 Å². The van der Waals surface area contributed by atoms with Gasteiger partial charge in [0.15, 0.2) is 0 Å². The van der Waals surface area contributed by atoms with Gasteiger partial charge in [-0.15, -0.1) is 0 Å². The van der Waals surface area contributed by atoms with Crippen molar-refractivity contribution in [2.75, 3.05) is 13.1 Å². The molecule has 1 saturated carbocycles. The molecule has 4 nitrogen and oxygen atoms in total. The molecule has 3 atom stereocenters. The first-order valence-corrected chi connectivity index (χ1v) is 8.33. The van der Waals surface area contributed by atoms with E-state index in [1.165, 1.54) is 25.7 Å². The molecule has 2 heterocycles. The van der Waals surface area contributed by atoms with Crippen LogP contribution in [0.2, 0.25) is 0 Å².